The minimum atomic E-state index is -0.864. The summed E-state index contributed by atoms with van der Waals surface area (Å²) in [4.78, 5) is 35.8. The number of carboxylic acid groups (broad SMARTS) is 1. The highest BCUT2D eigenvalue weighted by atomic mass is 16.5. The Balaban J connectivity index is 1.27. The number of carboxylic acids is 1. The molecule has 0 radical (unpaired) electrons. The Kier molecular flexibility index (Phi) is 7.50. The van der Waals surface area contributed by atoms with E-state index in [1.807, 2.05) is 24.3 Å². The largest absolute Gasteiger partial charge is 0.481 e. The van der Waals surface area contributed by atoms with Gasteiger partial charge in [0.15, 0.2) is 0 Å². The van der Waals surface area contributed by atoms with Crippen molar-refractivity contribution in [3.8, 4) is 11.1 Å². The SMILES string of the molecule is CC(CCNC(=O)C[C@@H]1CCC[C@H]1NC(=O)OCC1c2ccccc2-c2ccccc21)C(=O)O. The molecule has 2 aromatic carbocycles. The highest BCUT2D eigenvalue weighted by Crippen LogP contribution is 2.44. The molecule has 34 heavy (non-hydrogen) atoms. The van der Waals surface area contributed by atoms with Gasteiger partial charge in [0.1, 0.15) is 6.61 Å². The summed E-state index contributed by atoms with van der Waals surface area (Å²) in [5, 5.41) is 14.7. The molecule has 0 bridgehead atoms. The van der Waals surface area contributed by atoms with Gasteiger partial charge in [0.05, 0.1) is 5.92 Å². The molecule has 2 aliphatic carbocycles. The van der Waals surface area contributed by atoms with Gasteiger partial charge >= 0.3 is 12.1 Å². The summed E-state index contributed by atoms with van der Waals surface area (Å²) < 4.78 is 5.66. The summed E-state index contributed by atoms with van der Waals surface area (Å²) in [6.45, 7) is 2.22. The first-order chi connectivity index (χ1) is 16.4. The molecule has 7 heteroatoms. The number of fused-ring (bicyclic) bond motifs is 3. The van der Waals surface area contributed by atoms with Gasteiger partial charge in [-0.15, -0.1) is 0 Å². The van der Waals surface area contributed by atoms with E-state index >= 15 is 0 Å². The summed E-state index contributed by atoms with van der Waals surface area (Å²) in [7, 11) is 0. The number of hydrogen-bond acceptors (Lipinski definition) is 4. The number of nitrogens with one attached hydrogen (secondary N) is 2. The molecule has 180 valence electrons. The molecule has 0 heterocycles. The molecule has 2 amide bonds. The third-order valence-corrected chi connectivity index (χ3v) is 7.07. The maximum absolute atomic E-state index is 12.6. The lowest BCUT2D eigenvalue weighted by atomic mass is 9.98. The number of benzene rings is 2. The van der Waals surface area contributed by atoms with Crippen molar-refractivity contribution in [2.24, 2.45) is 11.8 Å². The van der Waals surface area contributed by atoms with E-state index in [2.05, 4.69) is 34.9 Å². The van der Waals surface area contributed by atoms with Gasteiger partial charge in [-0.1, -0.05) is 61.9 Å². The first kappa shape index (κ1) is 23.8. The predicted octanol–water partition coefficient (Wildman–Crippen LogP) is 4.31. The van der Waals surface area contributed by atoms with Crippen LogP contribution in [-0.2, 0) is 14.3 Å². The number of aliphatic carboxylic acids is 1. The highest BCUT2D eigenvalue weighted by molar-refractivity contribution is 5.79. The molecule has 1 fully saturated rings. The van der Waals surface area contributed by atoms with Crippen LogP contribution in [0.25, 0.3) is 11.1 Å². The number of carbonyl (C=O) groups is 3. The normalized spacial score (nSPS) is 19.7. The van der Waals surface area contributed by atoms with Crippen LogP contribution in [0.2, 0.25) is 0 Å². The summed E-state index contributed by atoms with van der Waals surface area (Å²) in [6.07, 6.45) is 2.89. The van der Waals surface area contributed by atoms with Gasteiger partial charge in [0, 0.05) is 24.9 Å². The van der Waals surface area contributed by atoms with Crippen LogP contribution in [0.15, 0.2) is 48.5 Å². The lowest BCUT2D eigenvalue weighted by Crippen LogP contribution is -2.40. The fourth-order valence-electron chi connectivity index (χ4n) is 5.12. The standard InChI is InChI=1S/C27H32N2O5/c1-17(26(31)32)13-14-28-25(30)15-18-7-6-12-24(18)29-27(33)34-16-23-21-10-4-2-8-19(21)20-9-3-5-11-22(20)23/h2-5,8-11,17-18,23-24H,6-7,12-16H2,1H3,(H,28,30)(H,29,33)(H,31,32)/t17?,18-,24+/m0/s1. The van der Waals surface area contributed by atoms with Crippen LogP contribution in [0.3, 0.4) is 0 Å². The summed E-state index contributed by atoms with van der Waals surface area (Å²) in [5.41, 5.74) is 4.71. The second-order valence-electron chi connectivity index (χ2n) is 9.35. The van der Waals surface area contributed by atoms with Gasteiger partial charge in [-0.05, 0) is 47.4 Å². The summed E-state index contributed by atoms with van der Waals surface area (Å²) in [6, 6.07) is 16.3. The molecule has 3 atom stereocenters. The van der Waals surface area contributed by atoms with E-state index in [0.29, 0.717) is 19.4 Å². The third-order valence-electron chi connectivity index (χ3n) is 7.07. The van der Waals surface area contributed by atoms with Gasteiger partial charge < -0.3 is 20.5 Å². The Labute approximate surface area is 199 Å². The van der Waals surface area contributed by atoms with Gasteiger partial charge in [0.2, 0.25) is 5.91 Å². The maximum atomic E-state index is 12.6. The monoisotopic (exact) mass is 464 g/mol. The van der Waals surface area contributed by atoms with Gasteiger partial charge in [-0.2, -0.15) is 0 Å². The number of rotatable bonds is 9. The lowest BCUT2D eigenvalue weighted by Gasteiger charge is -2.21. The van der Waals surface area contributed by atoms with Crippen LogP contribution >= 0.6 is 0 Å². The van der Waals surface area contributed by atoms with Gasteiger partial charge in [-0.25, -0.2) is 4.79 Å². The van der Waals surface area contributed by atoms with E-state index < -0.39 is 18.0 Å². The molecule has 1 saturated carbocycles. The van der Waals surface area contributed by atoms with Crippen LogP contribution in [0.1, 0.15) is 56.1 Å². The molecule has 0 spiro atoms. The molecule has 2 aliphatic rings. The molecule has 4 rings (SSSR count). The lowest BCUT2D eigenvalue weighted by molar-refractivity contribution is -0.141. The topological polar surface area (TPSA) is 105 Å². The van der Waals surface area contributed by atoms with E-state index in [0.717, 1.165) is 19.3 Å². The van der Waals surface area contributed by atoms with Crippen molar-refractivity contribution in [2.75, 3.05) is 13.2 Å². The minimum Gasteiger partial charge on any atom is -0.481 e. The second kappa shape index (κ2) is 10.7. The van der Waals surface area contributed by atoms with E-state index in [4.69, 9.17) is 9.84 Å². The Hall–Kier alpha value is -3.35. The average Bonchev–Trinajstić information content (AvgIpc) is 3.39. The molecule has 0 aromatic heterocycles. The number of amides is 2. The van der Waals surface area contributed by atoms with Crippen molar-refractivity contribution in [3.63, 3.8) is 0 Å². The Bertz CT molecular complexity index is 1010. The van der Waals surface area contributed by atoms with Gasteiger partial charge in [0.25, 0.3) is 0 Å². The van der Waals surface area contributed by atoms with Crippen LogP contribution in [0.4, 0.5) is 4.79 Å². The van der Waals surface area contributed by atoms with E-state index in [1.54, 1.807) is 6.92 Å². The molecule has 2 aromatic rings. The van der Waals surface area contributed by atoms with Crippen molar-refractivity contribution < 1.29 is 24.2 Å². The zero-order chi connectivity index (χ0) is 24.1. The predicted molar refractivity (Wildman–Crippen MR) is 128 cm³/mol. The van der Waals surface area contributed by atoms with Crippen LogP contribution < -0.4 is 10.6 Å². The van der Waals surface area contributed by atoms with Gasteiger partial charge in [-0.3, -0.25) is 9.59 Å². The zero-order valence-electron chi connectivity index (χ0n) is 19.5. The molecular weight excluding hydrogens is 432 g/mol. The number of carbonyl (C=O) groups excluding carboxylic acids is 2. The summed E-state index contributed by atoms with van der Waals surface area (Å²) in [5.74, 6) is -1.40. The fraction of sp³-hybridized carbons (Fsp3) is 0.444. The first-order valence-corrected chi connectivity index (χ1v) is 12.0. The Morgan fingerprint density at radius 2 is 1.68 bits per heavy atom. The van der Waals surface area contributed by atoms with Crippen molar-refractivity contribution in [1.29, 1.82) is 0 Å². The van der Waals surface area contributed by atoms with Crippen molar-refractivity contribution in [1.82, 2.24) is 10.6 Å². The highest BCUT2D eigenvalue weighted by Gasteiger charge is 2.32. The third kappa shape index (κ3) is 5.41. The second-order valence-corrected chi connectivity index (χ2v) is 9.35. The first-order valence-electron chi connectivity index (χ1n) is 12.0. The number of ether oxygens (including phenoxy) is 1. The van der Waals surface area contributed by atoms with Crippen molar-refractivity contribution in [2.45, 2.75) is 51.0 Å². The smallest absolute Gasteiger partial charge is 0.407 e. The number of alkyl carbamates (subject to hydrolysis) is 1. The van der Waals surface area contributed by atoms with E-state index in [-0.39, 0.29) is 30.4 Å². The van der Waals surface area contributed by atoms with Crippen molar-refractivity contribution in [3.05, 3.63) is 59.7 Å². The van der Waals surface area contributed by atoms with Crippen LogP contribution in [0, 0.1) is 11.8 Å². The minimum absolute atomic E-state index is 0.0106. The van der Waals surface area contributed by atoms with Crippen LogP contribution in [0.5, 0.6) is 0 Å². The molecule has 0 saturated heterocycles. The Morgan fingerprint density at radius 3 is 2.32 bits per heavy atom. The fourth-order valence-corrected chi connectivity index (χ4v) is 5.12. The zero-order valence-corrected chi connectivity index (χ0v) is 19.5. The molecule has 1 unspecified atom stereocenters. The molecule has 7 nitrogen and oxygen atoms in total. The van der Waals surface area contributed by atoms with Crippen LogP contribution in [-0.4, -0.2) is 42.3 Å². The Morgan fingerprint density at radius 1 is 1.03 bits per heavy atom. The van der Waals surface area contributed by atoms with Crippen molar-refractivity contribution >= 4 is 18.0 Å². The maximum Gasteiger partial charge on any atom is 0.407 e. The molecular formula is C27H32N2O5. The molecule has 0 aliphatic heterocycles. The number of hydrogen-bond donors (Lipinski definition) is 3. The van der Waals surface area contributed by atoms with E-state index in [1.165, 1.54) is 22.3 Å². The average molecular weight is 465 g/mol. The van der Waals surface area contributed by atoms with E-state index in [9.17, 15) is 14.4 Å². The summed E-state index contributed by atoms with van der Waals surface area (Å²) >= 11 is 0. The molecule has 3 N–H and O–H groups in total. The quantitative estimate of drug-likeness (QED) is 0.513.